The predicted octanol–water partition coefficient (Wildman–Crippen LogP) is 3.39. The van der Waals surface area contributed by atoms with Crippen molar-refractivity contribution in [3.05, 3.63) is 59.8 Å². The van der Waals surface area contributed by atoms with Crippen LogP contribution >= 0.6 is 11.6 Å². The van der Waals surface area contributed by atoms with E-state index in [-0.39, 0.29) is 16.2 Å². The molecule has 0 unspecified atom stereocenters. The largest absolute Gasteiger partial charge is 0.506 e. The van der Waals surface area contributed by atoms with Crippen LogP contribution in [0.5, 0.6) is 5.75 Å². The average molecular weight is 335 g/mol. The Kier molecular flexibility index (Phi) is 3.64. The number of anilines is 1. The summed E-state index contributed by atoms with van der Waals surface area (Å²) in [6.45, 7) is 0. The lowest BCUT2D eigenvalue weighted by Gasteiger charge is -2.11. The number of halogens is 1. The first kappa shape index (κ1) is 14.6. The van der Waals surface area contributed by atoms with Gasteiger partial charge in [-0.3, -0.25) is 9.71 Å². The third kappa shape index (κ3) is 2.70. The van der Waals surface area contributed by atoms with Crippen molar-refractivity contribution in [2.45, 2.75) is 4.90 Å². The summed E-state index contributed by atoms with van der Waals surface area (Å²) >= 11 is 5.78. The van der Waals surface area contributed by atoms with Crippen molar-refractivity contribution in [1.82, 2.24) is 4.98 Å². The van der Waals surface area contributed by atoms with Crippen molar-refractivity contribution in [3.63, 3.8) is 0 Å². The van der Waals surface area contributed by atoms with Gasteiger partial charge >= 0.3 is 0 Å². The molecule has 7 heteroatoms. The molecule has 0 saturated heterocycles. The zero-order valence-corrected chi connectivity index (χ0v) is 12.8. The number of fused-ring (bicyclic) bond motifs is 1. The van der Waals surface area contributed by atoms with Crippen molar-refractivity contribution >= 4 is 38.2 Å². The maximum Gasteiger partial charge on any atom is 0.262 e. The van der Waals surface area contributed by atoms with Crippen molar-refractivity contribution < 1.29 is 13.5 Å². The fraction of sp³-hybridized carbons (Fsp3) is 0. The third-order valence-electron chi connectivity index (χ3n) is 3.09. The van der Waals surface area contributed by atoms with Gasteiger partial charge in [0.2, 0.25) is 0 Å². The van der Waals surface area contributed by atoms with Crippen LogP contribution < -0.4 is 4.72 Å². The van der Waals surface area contributed by atoms with Crippen molar-refractivity contribution in [2.75, 3.05) is 4.72 Å². The minimum atomic E-state index is -3.81. The highest BCUT2D eigenvalue weighted by atomic mass is 35.5. The summed E-state index contributed by atoms with van der Waals surface area (Å²) in [5.74, 6) is -0.0685. The number of phenolic OH excluding ortho intramolecular Hbond substituents is 1. The van der Waals surface area contributed by atoms with E-state index in [4.69, 9.17) is 11.6 Å². The molecule has 5 nitrogen and oxygen atoms in total. The zero-order chi connectivity index (χ0) is 15.7. The molecule has 1 heterocycles. The first-order valence-corrected chi connectivity index (χ1v) is 8.18. The molecule has 112 valence electrons. The van der Waals surface area contributed by atoms with Gasteiger partial charge < -0.3 is 5.11 Å². The Hall–Kier alpha value is -2.31. The van der Waals surface area contributed by atoms with Gasteiger partial charge in [-0.05, 0) is 48.5 Å². The second-order valence-electron chi connectivity index (χ2n) is 4.59. The van der Waals surface area contributed by atoms with Gasteiger partial charge in [0.15, 0.2) is 0 Å². The Morgan fingerprint density at radius 3 is 2.50 bits per heavy atom. The van der Waals surface area contributed by atoms with Crippen LogP contribution in [0.15, 0.2) is 59.6 Å². The lowest BCUT2D eigenvalue weighted by molar-refractivity contribution is 0.480. The number of phenols is 1. The lowest BCUT2D eigenvalue weighted by Crippen LogP contribution is -2.13. The molecule has 0 aliphatic carbocycles. The highest BCUT2D eigenvalue weighted by Crippen LogP contribution is 2.29. The number of hydrogen-bond acceptors (Lipinski definition) is 4. The van der Waals surface area contributed by atoms with E-state index in [0.717, 1.165) is 0 Å². The number of rotatable bonds is 3. The van der Waals surface area contributed by atoms with E-state index in [1.807, 2.05) is 0 Å². The molecule has 0 saturated carbocycles. The number of pyridine rings is 1. The van der Waals surface area contributed by atoms with E-state index < -0.39 is 10.0 Å². The van der Waals surface area contributed by atoms with E-state index in [1.54, 1.807) is 36.4 Å². The lowest BCUT2D eigenvalue weighted by atomic mass is 10.2. The van der Waals surface area contributed by atoms with Crippen LogP contribution in [-0.4, -0.2) is 18.5 Å². The van der Waals surface area contributed by atoms with Crippen LogP contribution in [0.3, 0.4) is 0 Å². The number of benzene rings is 2. The Morgan fingerprint density at radius 1 is 1.05 bits per heavy atom. The topological polar surface area (TPSA) is 79.3 Å². The maximum absolute atomic E-state index is 12.6. The first-order valence-electron chi connectivity index (χ1n) is 6.32. The monoisotopic (exact) mass is 334 g/mol. The third-order valence-corrected chi connectivity index (χ3v) is 4.79. The van der Waals surface area contributed by atoms with E-state index in [2.05, 4.69) is 9.71 Å². The Morgan fingerprint density at radius 2 is 1.77 bits per heavy atom. The fourth-order valence-corrected chi connectivity index (χ4v) is 3.48. The van der Waals surface area contributed by atoms with Crippen LogP contribution in [0.25, 0.3) is 10.9 Å². The summed E-state index contributed by atoms with van der Waals surface area (Å²) in [6.07, 6.45) is 1.49. The van der Waals surface area contributed by atoms with Crippen LogP contribution in [0, 0.1) is 0 Å². The summed E-state index contributed by atoms with van der Waals surface area (Å²) in [6, 6.07) is 12.2. The summed E-state index contributed by atoms with van der Waals surface area (Å²) in [4.78, 5) is 4.06. The summed E-state index contributed by atoms with van der Waals surface area (Å²) in [7, 11) is -3.81. The molecule has 0 amide bonds. The number of hydrogen-bond donors (Lipinski definition) is 2. The average Bonchev–Trinajstić information content (AvgIpc) is 2.50. The molecule has 3 aromatic rings. The summed E-state index contributed by atoms with van der Waals surface area (Å²) in [5.41, 5.74) is 0.635. The first-order chi connectivity index (χ1) is 10.5. The molecule has 22 heavy (non-hydrogen) atoms. The Balaban J connectivity index is 2.10. The molecule has 0 radical (unpaired) electrons. The van der Waals surface area contributed by atoms with Crippen molar-refractivity contribution in [2.24, 2.45) is 0 Å². The van der Waals surface area contributed by atoms with Gasteiger partial charge in [-0.25, -0.2) is 8.42 Å². The molecule has 0 spiro atoms. The maximum atomic E-state index is 12.6. The normalized spacial score (nSPS) is 11.5. The molecular formula is C15H11ClN2O3S. The van der Waals surface area contributed by atoms with Gasteiger partial charge in [-0.15, -0.1) is 0 Å². The number of aromatic nitrogens is 1. The highest BCUT2D eigenvalue weighted by Gasteiger charge is 2.19. The molecule has 0 aliphatic heterocycles. The SMILES string of the molecule is O=S(=O)(Nc1ccc(Cl)cc1)c1ccc(O)c2ncccc12. The molecule has 0 aliphatic rings. The van der Waals surface area contributed by atoms with Crippen molar-refractivity contribution in [3.8, 4) is 5.75 Å². The van der Waals surface area contributed by atoms with Gasteiger partial charge in [0.1, 0.15) is 11.3 Å². The number of nitrogens with one attached hydrogen (secondary N) is 1. The van der Waals surface area contributed by atoms with Crippen molar-refractivity contribution in [1.29, 1.82) is 0 Å². The molecular weight excluding hydrogens is 324 g/mol. The predicted molar refractivity (Wildman–Crippen MR) is 85.7 cm³/mol. The summed E-state index contributed by atoms with van der Waals surface area (Å²) < 4.78 is 27.6. The summed E-state index contributed by atoms with van der Waals surface area (Å²) in [5, 5.41) is 10.7. The number of nitrogens with zero attached hydrogens (tertiary/aromatic N) is 1. The second kappa shape index (κ2) is 5.47. The van der Waals surface area contributed by atoms with E-state index in [9.17, 15) is 13.5 Å². The Bertz CT molecular complexity index is 941. The van der Waals surface area contributed by atoms with E-state index in [0.29, 0.717) is 16.1 Å². The van der Waals surface area contributed by atoms with Gasteiger partial charge in [0, 0.05) is 22.3 Å². The van der Waals surface area contributed by atoms with Gasteiger partial charge in [-0.2, -0.15) is 0 Å². The number of sulfonamides is 1. The highest BCUT2D eigenvalue weighted by molar-refractivity contribution is 7.93. The fourth-order valence-electron chi connectivity index (χ4n) is 2.09. The Labute approximate surface area is 132 Å². The smallest absolute Gasteiger partial charge is 0.262 e. The van der Waals surface area contributed by atoms with Crippen LogP contribution in [0.1, 0.15) is 0 Å². The van der Waals surface area contributed by atoms with Crippen LogP contribution in [-0.2, 0) is 10.0 Å². The molecule has 3 rings (SSSR count). The minimum absolute atomic E-state index is 0.0448. The number of aromatic hydroxyl groups is 1. The van der Waals surface area contributed by atoms with Gasteiger partial charge in [0.05, 0.1) is 4.90 Å². The van der Waals surface area contributed by atoms with Crippen LogP contribution in [0.2, 0.25) is 5.02 Å². The molecule has 0 fully saturated rings. The molecule has 0 atom stereocenters. The zero-order valence-electron chi connectivity index (χ0n) is 11.2. The van der Waals surface area contributed by atoms with Gasteiger partial charge in [0.25, 0.3) is 10.0 Å². The van der Waals surface area contributed by atoms with E-state index >= 15 is 0 Å². The van der Waals surface area contributed by atoms with E-state index in [1.165, 1.54) is 18.3 Å². The van der Waals surface area contributed by atoms with Gasteiger partial charge in [-0.1, -0.05) is 11.6 Å². The molecule has 2 N–H and O–H groups in total. The van der Waals surface area contributed by atoms with Crippen LogP contribution in [0.4, 0.5) is 5.69 Å². The molecule has 0 bridgehead atoms. The standard InChI is InChI=1S/C15H11ClN2O3S/c16-10-3-5-11(6-4-10)18-22(20,21)14-8-7-13(19)15-12(14)2-1-9-17-15/h1-9,18-19H. The second-order valence-corrected chi connectivity index (χ2v) is 6.68. The molecule has 1 aromatic heterocycles. The minimum Gasteiger partial charge on any atom is -0.506 e. The quantitative estimate of drug-likeness (QED) is 0.769. The molecule has 2 aromatic carbocycles.